The number of anilines is 2. The van der Waals surface area contributed by atoms with E-state index in [1.54, 1.807) is 31.2 Å². The van der Waals surface area contributed by atoms with Gasteiger partial charge in [0.2, 0.25) is 5.91 Å². The highest BCUT2D eigenvalue weighted by molar-refractivity contribution is 7.80. The highest BCUT2D eigenvalue weighted by atomic mass is 32.1. The van der Waals surface area contributed by atoms with Crippen LogP contribution in [0.1, 0.15) is 13.8 Å². The van der Waals surface area contributed by atoms with Gasteiger partial charge in [-0.2, -0.15) is 9.48 Å². The Balaban J connectivity index is 0.000000188. The molecule has 16 heteroatoms. The molecule has 0 saturated carbocycles. The molecule has 48 heavy (non-hydrogen) atoms. The zero-order valence-electron chi connectivity index (χ0n) is 26.5. The summed E-state index contributed by atoms with van der Waals surface area (Å²) in [6.45, 7) is 8.25. The van der Waals surface area contributed by atoms with E-state index in [0.29, 0.717) is 85.7 Å². The number of nitrogens with zero attached hydrogens (tertiary/aromatic N) is 4. The molecule has 4 heterocycles. The summed E-state index contributed by atoms with van der Waals surface area (Å²) in [5.74, 6) is -1.01. The van der Waals surface area contributed by atoms with Gasteiger partial charge in [-0.3, -0.25) is 4.79 Å². The topological polar surface area (TPSA) is 136 Å². The molecule has 0 spiro atoms. The van der Waals surface area contributed by atoms with Crippen molar-refractivity contribution in [1.29, 1.82) is 0 Å². The van der Waals surface area contributed by atoms with Gasteiger partial charge < -0.3 is 39.0 Å². The van der Waals surface area contributed by atoms with Crippen molar-refractivity contribution in [1.82, 2.24) is 20.1 Å². The van der Waals surface area contributed by atoms with E-state index in [2.05, 4.69) is 10.6 Å². The van der Waals surface area contributed by atoms with Crippen LogP contribution in [0.25, 0.3) is 22.3 Å². The molecule has 0 atom stereocenters. The first kappa shape index (κ1) is 34.5. The first-order valence-corrected chi connectivity index (χ1v) is 15.7. The molecular formula is C32H36F2N6O7S. The van der Waals surface area contributed by atoms with E-state index < -0.39 is 17.1 Å². The zero-order chi connectivity index (χ0) is 34.2. The Bertz CT molecular complexity index is 1720. The Hall–Kier alpha value is -4.80. The quantitative estimate of drug-likeness (QED) is 0.265. The van der Waals surface area contributed by atoms with Crippen LogP contribution in [0.2, 0.25) is 0 Å². The Morgan fingerprint density at radius 1 is 0.729 bits per heavy atom. The molecule has 2 N–H and O–H groups in total. The third kappa shape index (κ3) is 8.76. The van der Waals surface area contributed by atoms with Crippen LogP contribution >= 0.6 is 12.2 Å². The van der Waals surface area contributed by atoms with Gasteiger partial charge in [0.1, 0.15) is 25.0 Å². The van der Waals surface area contributed by atoms with E-state index in [4.69, 9.17) is 30.7 Å². The van der Waals surface area contributed by atoms with Gasteiger partial charge in [0.15, 0.2) is 0 Å². The molecule has 1 amide bonds. The molecule has 4 aromatic rings. The van der Waals surface area contributed by atoms with Gasteiger partial charge in [-0.15, -0.1) is 0 Å². The average Bonchev–Trinajstić information content (AvgIpc) is 3.65. The predicted molar refractivity (Wildman–Crippen MR) is 178 cm³/mol. The number of carbonyl (C=O) groups excluding carboxylic acids is 1. The van der Waals surface area contributed by atoms with E-state index in [0.717, 1.165) is 0 Å². The Kier molecular flexibility index (Phi) is 11.4. The Morgan fingerprint density at radius 2 is 1.15 bits per heavy atom. The van der Waals surface area contributed by atoms with Crippen LogP contribution < -0.4 is 31.7 Å². The van der Waals surface area contributed by atoms with Crippen molar-refractivity contribution >= 4 is 34.5 Å². The fourth-order valence-electron chi connectivity index (χ4n) is 5.15. The maximum atomic E-state index is 14.5. The number of rotatable bonds is 8. The van der Waals surface area contributed by atoms with Crippen molar-refractivity contribution in [3.63, 3.8) is 0 Å². The minimum atomic E-state index is -0.584. The number of amides is 1. The van der Waals surface area contributed by atoms with Crippen LogP contribution in [-0.2, 0) is 27.6 Å². The van der Waals surface area contributed by atoms with E-state index in [1.165, 1.54) is 40.9 Å². The summed E-state index contributed by atoms with van der Waals surface area (Å²) in [5, 5.41) is 5.40. The SMILES string of the molecule is CC(=O)NCn1cc(-c2ccc(N3CCOCC3)c(F)c2)c(=O)o1.CC(=S)NCn1cc(-c2ccc(N3CCOCC3)c(F)c2)c(=O)o1. The fraction of sp³-hybridized carbons (Fsp3) is 0.375. The number of morpholine rings is 2. The molecule has 6 rings (SSSR count). The van der Waals surface area contributed by atoms with Crippen molar-refractivity contribution in [2.45, 2.75) is 27.2 Å². The molecule has 0 bridgehead atoms. The highest BCUT2D eigenvalue weighted by Gasteiger charge is 2.19. The fourth-order valence-corrected chi connectivity index (χ4v) is 5.21. The molecule has 2 aliphatic heterocycles. The van der Waals surface area contributed by atoms with Gasteiger partial charge in [-0.1, -0.05) is 24.4 Å². The van der Waals surface area contributed by atoms with Crippen LogP contribution in [0.4, 0.5) is 20.2 Å². The maximum Gasteiger partial charge on any atom is 0.365 e. The number of halogens is 2. The third-order valence-corrected chi connectivity index (χ3v) is 7.72. The van der Waals surface area contributed by atoms with Crippen molar-refractivity contribution in [2.24, 2.45) is 0 Å². The van der Waals surface area contributed by atoms with Crippen LogP contribution in [0.15, 0.2) is 67.4 Å². The van der Waals surface area contributed by atoms with Crippen LogP contribution in [0.3, 0.4) is 0 Å². The first-order valence-electron chi connectivity index (χ1n) is 15.2. The molecule has 0 radical (unpaired) electrons. The molecule has 2 aliphatic rings. The number of ether oxygens (including phenoxy) is 2. The lowest BCUT2D eigenvalue weighted by Gasteiger charge is -2.29. The minimum Gasteiger partial charge on any atom is -0.378 e. The Morgan fingerprint density at radius 3 is 1.52 bits per heavy atom. The second kappa shape index (κ2) is 15.9. The summed E-state index contributed by atoms with van der Waals surface area (Å²) in [4.78, 5) is 39.3. The van der Waals surface area contributed by atoms with Gasteiger partial charge in [0.05, 0.1) is 66.3 Å². The summed E-state index contributed by atoms with van der Waals surface area (Å²) in [6.07, 6.45) is 2.98. The smallest absolute Gasteiger partial charge is 0.365 e. The highest BCUT2D eigenvalue weighted by Crippen LogP contribution is 2.27. The van der Waals surface area contributed by atoms with Crippen molar-refractivity contribution in [2.75, 3.05) is 62.4 Å². The predicted octanol–water partition coefficient (Wildman–Crippen LogP) is 3.16. The zero-order valence-corrected chi connectivity index (χ0v) is 27.3. The molecule has 2 saturated heterocycles. The van der Waals surface area contributed by atoms with Crippen molar-refractivity contribution in [3.8, 4) is 22.3 Å². The number of thiocarbonyl (C=S) groups is 1. The van der Waals surface area contributed by atoms with Crippen LogP contribution in [-0.4, -0.2) is 73.0 Å². The summed E-state index contributed by atoms with van der Waals surface area (Å²) < 4.78 is 52.1. The number of benzene rings is 2. The molecule has 2 aromatic carbocycles. The monoisotopic (exact) mass is 686 g/mol. The standard InChI is InChI=1S/C16H18FN3O4.C16H18FN3O3S/c1-11(21)18-10-20-9-13(16(22)24-20)12-2-3-15(14(17)8-12)19-4-6-23-7-5-19;1-11(24)18-10-20-9-13(16(21)23-20)12-2-3-15(14(17)8-12)19-4-6-22-7-5-19/h2-3,8-9H,4-7,10H2,1H3,(H,18,21);2-3,8-9H,4-7,10H2,1H3,(H,18,24). The molecule has 0 unspecified atom stereocenters. The van der Waals surface area contributed by atoms with Gasteiger partial charge in [0.25, 0.3) is 0 Å². The first-order chi connectivity index (χ1) is 23.1. The van der Waals surface area contributed by atoms with E-state index in [1.807, 2.05) is 9.80 Å². The molecule has 0 aliphatic carbocycles. The number of hydrogen-bond acceptors (Lipinski definition) is 10. The molecule has 13 nitrogen and oxygen atoms in total. The average molecular weight is 687 g/mol. The lowest BCUT2D eigenvalue weighted by Crippen LogP contribution is -2.36. The largest absolute Gasteiger partial charge is 0.378 e. The molecular weight excluding hydrogens is 650 g/mol. The van der Waals surface area contributed by atoms with Gasteiger partial charge in [0, 0.05) is 33.1 Å². The lowest BCUT2D eigenvalue weighted by molar-refractivity contribution is -0.119. The second-order valence-corrected chi connectivity index (χ2v) is 11.6. The molecule has 256 valence electrons. The van der Waals surface area contributed by atoms with Crippen LogP contribution in [0, 0.1) is 11.6 Å². The van der Waals surface area contributed by atoms with E-state index >= 15 is 0 Å². The Labute approximate surface area is 279 Å². The van der Waals surface area contributed by atoms with Crippen molar-refractivity contribution < 1.29 is 32.1 Å². The minimum absolute atomic E-state index is 0.0406. The van der Waals surface area contributed by atoms with Gasteiger partial charge in [-0.05, 0) is 42.3 Å². The summed E-state index contributed by atoms with van der Waals surface area (Å²) >= 11 is 4.91. The number of carbonyl (C=O) groups is 1. The van der Waals surface area contributed by atoms with Gasteiger partial charge in [-0.25, -0.2) is 18.4 Å². The van der Waals surface area contributed by atoms with Crippen LogP contribution in [0.5, 0.6) is 0 Å². The summed E-state index contributed by atoms with van der Waals surface area (Å²) in [6, 6.07) is 9.43. The maximum absolute atomic E-state index is 14.5. The number of nitrogens with one attached hydrogen (secondary N) is 2. The van der Waals surface area contributed by atoms with E-state index in [9.17, 15) is 23.2 Å². The number of hydrogen-bond donors (Lipinski definition) is 2. The summed E-state index contributed by atoms with van der Waals surface area (Å²) in [7, 11) is 0. The molecule has 2 fully saturated rings. The third-order valence-electron chi connectivity index (χ3n) is 7.57. The van der Waals surface area contributed by atoms with Gasteiger partial charge >= 0.3 is 11.3 Å². The second-order valence-electron chi connectivity index (χ2n) is 11.0. The normalized spacial score (nSPS) is 14.7. The van der Waals surface area contributed by atoms with Crippen molar-refractivity contribution in [3.05, 3.63) is 81.3 Å². The number of aromatic nitrogens is 2. The van der Waals surface area contributed by atoms with E-state index in [-0.39, 0.29) is 30.6 Å². The molecule has 2 aromatic heterocycles. The lowest BCUT2D eigenvalue weighted by atomic mass is 10.1. The summed E-state index contributed by atoms with van der Waals surface area (Å²) in [5.41, 5.74) is 1.37.